The topological polar surface area (TPSA) is 15.6 Å². The van der Waals surface area contributed by atoms with Crippen LogP contribution in [0.25, 0.3) is 0 Å². The Morgan fingerprint density at radius 1 is 1.33 bits per heavy atom. The SMILES string of the molecule is C1=CC2=NCSCSCN2C=C1. The Morgan fingerprint density at radius 2 is 2.33 bits per heavy atom. The Bertz CT molecular complexity index is 245. The highest BCUT2D eigenvalue weighted by Gasteiger charge is 2.09. The number of amidine groups is 1. The van der Waals surface area contributed by atoms with Crippen molar-refractivity contribution < 1.29 is 0 Å². The summed E-state index contributed by atoms with van der Waals surface area (Å²) >= 11 is 3.81. The van der Waals surface area contributed by atoms with Crippen molar-refractivity contribution >= 4 is 29.4 Å². The molecule has 64 valence electrons. The molecule has 0 aliphatic carbocycles. The van der Waals surface area contributed by atoms with E-state index in [9.17, 15) is 0 Å². The van der Waals surface area contributed by atoms with Gasteiger partial charge in [0, 0.05) is 11.3 Å². The van der Waals surface area contributed by atoms with Crippen molar-refractivity contribution in [2.75, 3.05) is 16.8 Å². The molecule has 0 spiro atoms. The van der Waals surface area contributed by atoms with Crippen LogP contribution in [0.2, 0.25) is 0 Å². The fraction of sp³-hybridized carbons (Fsp3) is 0.375. The first-order valence-corrected chi connectivity index (χ1v) is 6.09. The number of thioether (sulfide) groups is 2. The molecule has 2 aliphatic rings. The van der Waals surface area contributed by atoms with Gasteiger partial charge in [0.25, 0.3) is 0 Å². The molecule has 2 aliphatic heterocycles. The first kappa shape index (κ1) is 8.26. The van der Waals surface area contributed by atoms with E-state index in [1.165, 1.54) is 0 Å². The zero-order valence-electron chi connectivity index (χ0n) is 6.64. The number of allylic oxidation sites excluding steroid dienone is 2. The highest BCUT2D eigenvalue weighted by Crippen LogP contribution is 2.18. The molecule has 0 atom stereocenters. The molecule has 12 heavy (non-hydrogen) atoms. The van der Waals surface area contributed by atoms with Crippen LogP contribution in [0.15, 0.2) is 29.4 Å². The summed E-state index contributed by atoms with van der Waals surface area (Å²) in [5, 5.41) is 1.14. The van der Waals surface area contributed by atoms with Crippen molar-refractivity contribution in [1.82, 2.24) is 4.90 Å². The fourth-order valence-corrected chi connectivity index (χ4v) is 2.77. The fourth-order valence-electron chi connectivity index (χ4n) is 1.06. The summed E-state index contributed by atoms with van der Waals surface area (Å²) in [5.74, 6) is 3.00. The number of nitrogens with zero attached hydrogens (tertiary/aromatic N) is 2. The molecule has 2 rings (SSSR count). The second kappa shape index (κ2) is 4.05. The Labute approximate surface area is 80.8 Å². The van der Waals surface area contributed by atoms with Gasteiger partial charge in [-0.3, -0.25) is 4.99 Å². The third-order valence-electron chi connectivity index (χ3n) is 1.63. The Kier molecular flexibility index (Phi) is 2.79. The minimum atomic E-state index is 0.886. The molecule has 0 saturated carbocycles. The maximum Gasteiger partial charge on any atom is 0.129 e. The summed E-state index contributed by atoms with van der Waals surface area (Å²) in [7, 11) is 0. The van der Waals surface area contributed by atoms with Gasteiger partial charge in [-0.05, 0) is 12.2 Å². The van der Waals surface area contributed by atoms with Crippen molar-refractivity contribution in [3.8, 4) is 0 Å². The Balaban J connectivity index is 2.15. The van der Waals surface area contributed by atoms with Crippen LogP contribution < -0.4 is 0 Å². The van der Waals surface area contributed by atoms with E-state index in [0.29, 0.717) is 0 Å². The van der Waals surface area contributed by atoms with Crippen molar-refractivity contribution in [1.29, 1.82) is 0 Å². The predicted molar refractivity (Wildman–Crippen MR) is 57.3 cm³/mol. The monoisotopic (exact) mass is 198 g/mol. The second-order valence-corrected chi connectivity index (χ2v) is 4.75. The van der Waals surface area contributed by atoms with E-state index in [1.807, 2.05) is 35.7 Å². The summed E-state index contributed by atoms with van der Waals surface area (Å²) in [6, 6.07) is 0. The van der Waals surface area contributed by atoms with Gasteiger partial charge in [0.15, 0.2) is 0 Å². The quantitative estimate of drug-likeness (QED) is 0.593. The second-order valence-electron chi connectivity index (χ2n) is 2.47. The van der Waals surface area contributed by atoms with Crippen LogP contribution in [0.5, 0.6) is 0 Å². The minimum absolute atomic E-state index is 0.886. The summed E-state index contributed by atoms with van der Waals surface area (Å²) in [5.41, 5.74) is 0. The Hall–Kier alpha value is -0.350. The van der Waals surface area contributed by atoms with Gasteiger partial charge in [0.2, 0.25) is 0 Å². The van der Waals surface area contributed by atoms with Gasteiger partial charge in [-0.15, -0.1) is 23.5 Å². The van der Waals surface area contributed by atoms with Gasteiger partial charge in [0.1, 0.15) is 5.84 Å². The summed E-state index contributed by atoms with van der Waals surface area (Å²) < 4.78 is 0. The van der Waals surface area contributed by atoms with Crippen molar-refractivity contribution in [2.24, 2.45) is 4.99 Å². The number of rotatable bonds is 0. The van der Waals surface area contributed by atoms with Crippen molar-refractivity contribution in [2.45, 2.75) is 0 Å². The summed E-state index contributed by atoms with van der Waals surface area (Å²) in [6.07, 6.45) is 8.23. The number of hydrogen-bond acceptors (Lipinski definition) is 4. The third-order valence-corrected chi connectivity index (χ3v) is 3.74. The van der Waals surface area contributed by atoms with Gasteiger partial charge in [-0.2, -0.15) is 0 Å². The number of fused-ring (bicyclic) bond motifs is 1. The van der Waals surface area contributed by atoms with Crippen LogP contribution in [0.1, 0.15) is 0 Å². The lowest BCUT2D eigenvalue weighted by Gasteiger charge is -2.23. The van der Waals surface area contributed by atoms with Gasteiger partial charge < -0.3 is 4.90 Å². The molecule has 0 aromatic carbocycles. The zero-order chi connectivity index (χ0) is 8.23. The molecule has 0 bridgehead atoms. The van der Waals surface area contributed by atoms with E-state index in [1.54, 1.807) is 0 Å². The molecule has 2 heterocycles. The highest BCUT2D eigenvalue weighted by molar-refractivity contribution is 8.15. The van der Waals surface area contributed by atoms with E-state index in [-0.39, 0.29) is 0 Å². The predicted octanol–water partition coefficient (Wildman–Crippen LogP) is 2.12. The average molecular weight is 198 g/mol. The lowest BCUT2D eigenvalue weighted by Crippen LogP contribution is -2.26. The standard InChI is InChI=1S/C8H10N2S2/c1-2-4-10-6-12-7-11-5-9-8(10)3-1/h1-4H,5-7H2. The normalized spacial score (nSPS) is 22.7. The molecule has 0 saturated heterocycles. The van der Waals surface area contributed by atoms with E-state index in [0.717, 1.165) is 22.7 Å². The first-order chi connectivity index (χ1) is 5.97. The van der Waals surface area contributed by atoms with E-state index < -0.39 is 0 Å². The molecule has 0 aromatic heterocycles. The van der Waals surface area contributed by atoms with E-state index >= 15 is 0 Å². The third kappa shape index (κ3) is 1.87. The molecule has 0 fully saturated rings. The molecule has 2 nitrogen and oxygen atoms in total. The van der Waals surface area contributed by atoms with Crippen LogP contribution in [0.4, 0.5) is 0 Å². The molecule has 0 aromatic rings. The molecular weight excluding hydrogens is 188 g/mol. The zero-order valence-corrected chi connectivity index (χ0v) is 8.27. The number of hydrogen-bond donors (Lipinski definition) is 0. The number of aliphatic imine (C=N–C) groups is 1. The maximum absolute atomic E-state index is 4.46. The van der Waals surface area contributed by atoms with Crippen LogP contribution in [0, 0.1) is 0 Å². The highest BCUT2D eigenvalue weighted by atomic mass is 32.2. The van der Waals surface area contributed by atoms with E-state index in [2.05, 4.69) is 22.2 Å². The van der Waals surface area contributed by atoms with Crippen LogP contribution in [-0.4, -0.2) is 27.6 Å². The van der Waals surface area contributed by atoms with Gasteiger partial charge in [-0.25, -0.2) is 0 Å². The lowest BCUT2D eigenvalue weighted by atomic mass is 10.3. The molecule has 0 N–H and O–H groups in total. The molecular formula is C8H10N2S2. The molecule has 4 heteroatoms. The van der Waals surface area contributed by atoms with Crippen LogP contribution >= 0.6 is 23.5 Å². The first-order valence-electron chi connectivity index (χ1n) is 3.78. The summed E-state index contributed by atoms with van der Waals surface area (Å²) in [4.78, 5) is 6.64. The van der Waals surface area contributed by atoms with Crippen LogP contribution in [0.3, 0.4) is 0 Å². The van der Waals surface area contributed by atoms with Crippen molar-refractivity contribution in [3.05, 3.63) is 24.4 Å². The van der Waals surface area contributed by atoms with Crippen molar-refractivity contribution in [3.63, 3.8) is 0 Å². The van der Waals surface area contributed by atoms with Gasteiger partial charge in [0.05, 0.1) is 11.8 Å². The lowest BCUT2D eigenvalue weighted by molar-refractivity contribution is 0.660. The maximum atomic E-state index is 4.46. The van der Waals surface area contributed by atoms with Gasteiger partial charge in [-0.1, -0.05) is 6.08 Å². The Morgan fingerprint density at radius 3 is 3.33 bits per heavy atom. The smallest absolute Gasteiger partial charge is 0.129 e. The molecule has 0 radical (unpaired) electrons. The summed E-state index contributed by atoms with van der Waals surface area (Å²) in [6.45, 7) is 0. The minimum Gasteiger partial charge on any atom is -0.324 e. The molecule has 0 unspecified atom stereocenters. The average Bonchev–Trinajstić information content (AvgIpc) is 2.06. The van der Waals surface area contributed by atoms with Gasteiger partial charge >= 0.3 is 0 Å². The largest absolute Gasteiger partial charge is 0.324 e. The van der Waals surface area contributed by atoms with E-state index in [4.69, 9.17) is 0 Å². The van der Waals surface area contributed by atoms with Crippen LogP contribution in [-0.2, 0) is 0 Å². The molecule has 0 amide bonds.